The van der Waals surface area contributed by atoms with Crippen LogP contribution >= 0.6 is 6.04 Å². The van der Waals surface area contributed by atoms with Crippen molar-refractivity contribution in [1.82, 2.24) is 0 Å². The zero-order valence-corrected chi connectivity index (χ0v) is 22.5. The first-order valence-electron chi connectivity index (χ1n) is 10.1. The highest BCUT2D eigenvalue weighted by Gasteiger charge is 2.98. The minimum absolute atomic E-state index is 0.561. The van der Waals surface area contributed by atoms with Gasteiger partial charge in [0.1, 0.15) is 0 Å². The van der Waals surface area contributed by atoms with Crippen molar-refractivity contribution in [1.29, 1.82) is 0 Å². The molecule has 41 heavy (non-hydrogen) atoms. The molecule has 0 amide bonds. The smallest absolute Gasteiger partial charge is 0.194 e. The van der Waals surface area contributed by atoms with Crippen molar-refractivity contribution in [3.8, 4) is 0 Å². The van der Waals surface area contributed by atoms with E-state index in [0.717, 1.165) is 0 Å². The van der Waals surface area contributed by atoms with Gasteiger partial charge in [-0.1, -0.05) is 53.3 Å². The Hall–Kier alpha value is -0.820. The van der Waals surface area contributed by atoms with Crippen molar-refractivity contribution in [2.45, 2.75) is 111 Å². The van der Waals surface area contributed by atoms with Gasteiger partial charge in [-0.3, -0.25) is 0 Å². The van der Waals surface area contributed by atoms with Crippen LogP contribution in [-0.2, 0) is 11.8 Å². The normalized spacial score (nSPS) is 17.2. The van der Waals surface area contributed by atoms with Crippen LogP contribution in [0.15, 0.2) is 0 Å². The maximum atomic E-state index is 15.1. The SMILES string of the molecule is CC(C)(C)P(=S)(C(C)(C)C)C(F)(F)C(F)(F)C(F)(F)C(F)(F)C(F)(F)C(F)(F)C(F)(F)C(F)(F)C(F)(F)C(F)(F)F. The predicted molar refractivity (Wildman–Crippen MR) is 104 cm³/mol. The molecule has 0 aliphatic carbocycles. The van der Waals surface area contributed by atoms with Crippen LogP contribution in [0.1, 0.15) is 41.5 Å². The first kappa shape index (κ1) is 40.2. The lowest BCUT2D eigenvalue weighted by atomic mass is 9.87. The minimum atomic E-state index is -9.19. The van der Waals surface area contributed by atoms with E-state index in [1.165, 1.54) is 0 Å². The van der Waals surface area contributed by atoms with Crippen LogP contribution in [0, 0.1) is 0 Å². The standard InChI is InChI=1S/C18H18F21PS/c1-7(2,3)40(41,8(4,5)6)18(38,39)16(33,34)14(29,30)12(25,26)10(21,22)9(19,20)11(23,24)13(27,28)15(31,32)17(35,36)37/h1-6H3. The Balaban J connectivity index is 7.57. The Morgan fingerprint density at radius 1 is 0.317 bits per heavy atom. The van der Waals surface area contributed by atoms with E-state index in [9.17, 15) is 83.4 Å². The Morgan fingerprint density at radius 2 is 0.488 bits per heavy atom. The second kappa shape index (κ2) is 9.59. The summed E-state index contributed by atoms with van der Waals surface area (Å²) in [7, 11) is 0. The lowest BCUT2D eigenvalue weighted by Crippen LogP contribution is -2.77. The van der Waals surface area contributed by atoms with Crippen LogP contribution < -0.4 is 0 Å². The van der Waals surface area contributed by atoms with Gasteiger partial charge in [0.05, 0.1) is 0 Å². The van der Waals surface area contributed by atoms with Gasteiger partial charge in [0.25, 0.3) is 0 Å². The molecule has 0 heterocycles. The molecule has 0 bridgehead atoms. The molecule has 0 aliphatic rings. The van der Waals surface area contributed by atoms with Gasteiger partial charge >= 0.3 is 59.2 Å². The zero-order chi connectivity index (χ0) is 34.5. The Kier molecular flexibility index (Phi) is 9.40. The molecule has 0 rings (SSSR count). The third kappa shape index (κ3) is 4.71. The molecule has 0 fully saturated rings. The molecule has 0 nitrogen and oxygen atoms in total. The van der Waals surface area contributed by atoms with E-state index in [4.69, 9.17) is 0 Å². The fourth-order valence-electron chi connectivity index (χ4n) is 3.60. The van der Waals surface area contributed by atoms with Crippen molar-refractivity contribution in [3.63, 3.8) is 0 Å². The van der Waals surface area contributed by atoms with E-state index in [0.29, 0.717) is 41.5 Å². The van der Waals surface area contributed by atoms with E-state index in [1.807, 2.05) is 0 Å². The van der Waals surface area contributed by atoms with Crippen LogP contribution in [0.25, 0.3) is 0 Å². The van der Waals surface area contributed by atoms with Gasteiger partial charge in [-0.2, -0.15) is 92.2 Å². The summed E-state index contributed by atoms with van der Waals surface area (Å²) in [6.45, 7) is 3.37. The summed E-state index contributed by atoms with van der Waals surface area (Å²) in [6, 6.07) is -5.76. The number of alkyl halides is 21. The van der Waals surface area contributed by atoms with Crippen molar-refractivity contribution >= 4 is 17.8 Å². The molecular weight excluding hydrogens is 678 g/mol. The quantitative estimate of drug-likeness (QED) is 0.171. The van der Waals surface area contributed by atoms with Gasteiger partial charge in [-0.15, -0.1) is 0 Å². The zero-order valence-electron chi connectivity index (χ0n) is 20.8. The van der Waals surface area contributed by atoms with E-state index in [-0.39, 0.29) is 0 Å². The van der Waals surface area contributed by atoms with Gasteiger partial charge in [-0.25, -0.2) is 0 Å². The second-order valence-electron chi connectivity index (χ2n) is 10.6. The molecule has 0 N–H and O–H groups in total. The minimum Gasteiger partial charge on any atom is -0.194 e. The van der Waals surface area contributed by atoms with Gasteiger partial charge in [0, 0.05) is 6.04 Å². The van der Waals surface area contributed by atoms with Crippen molar-refractivity contribution in [2.24, 2.45) is 0 Å². The molecule has 0 aromatic carbocycles. The molecule has 0 radical (unpaired) electrons. The lowest BCUT2D eigenvalue weighted by Gasteiger charge is -2.52. The van der Waals surface area contributed by atoms with Crippen LogP contribution in [0.2, 0.25) is 0 Å². The first-order valence-corrected chi connectivity index (χ1v) is 12.9. The third-order valence-corrected chi connectivity index (χ3v) is 14.6. The Bertz CT molecular complexity index is 1010. The second-order valence-corrected chi connectivity index (χ2v) is 16.7. The summed E-state index contributed by atoms with van der Waals surface area (Å²) < 4.78 is 288. The molecule has 0 saturated carbocycles. The van der Waals surface area contributed by atoms with Crippen LogP contribution in [-0.4, -0.2) is 69.5 Å². The predicted octanol–water partition coefficient (Wildman–Crippen LogP) is 10.3. The van der Waals surface area contributed by atoms with Crippen LogP contribution in [0.5, 0.6) is 0 Å². The molecule has 0 unspecified atom stereocenters. The number of hydrogen-bond donors (Lipinski definition) is 0. The summed E-state index contributed by atoms with van der Waals surface area (Å²) in [4.78, 5) is 0. The fraction of sp³-hybridized carbons (Fsp3) is 1.00. The monoisotopic (exact) mass is 696 g/mol. The highest BCUT2D eigenvalue weighted by Crippen LogP contribution is 2.81. The molecule has 0 saturated heterocycles. The molecule has 0 aromatic heterocycles. The van der Waals surface area contributed by atoms with Gasteiger partial charge in [0.2, 0.25) is 0 Å². The average molecular weight is 696 g/mol. The highest BCUT2D eigenvalue weighted by atomic mass is 32.4. The molecule has 23 heteroatoms. The van der Waals surface area contributed by atoms with Crippen LogP contribution in [0.4, 0.5) is 92.2 Å². The average Bonchev–Trinajstić information content (AvgIpc) is 2.69. The number of hydrogen-bond acceptors (Lipinski definition) is 1. The summed E-state index contributed by atoms with van der Waals surface area (Å²) in [5.41, 5.74) is -6.78. The van der Waals surface area contributed by atoms with E-state index >= 15 is 8.78 Å². The van der Waals surface area contributed by atoms with Crippen LogP contribution in [0.3, 0.4) is 0 Å². The molecule has 0 atom stereocenters. The topological polar surface area (TPSA) is 0 Å². The van der Waals surface area contributed by atoms with Gasteiger partial charge in [0.15, 0.2) is 0 Å². The highest BCUT2D eigenvalue weighted by molar-refractivity contribution is 8.16. The summed E-state index contributed by atoms with van der Waals surface area (Å²) in [5, 5.41) is -4.97. The summed E-state index contributed by atoms with van der Waals surface area (Å²) >= 11 is 4.46. The number of rotatable bonds is 9. The van der Waals surface area contributed by atoms with E-state index in [1.54, 1.807) is 0 Å². The first-order chi connectivity index (χ1) is 17.0. The van der Waals surface area contributed by atoms with Crippen molar-refractivity contribution in [2.75, 3.05) is 0 Å². The molecule has 0 aliphatic heterocycles. The van der Waals surface area contributed by atoms with Gasteiger partial charge < -0.3 is 0 Å². The van der Waals surface area contributed by atoms with Crippen molar-refractivity contribution in [3.05, 3.63) is 0 Å². The molecule has 0 aromatic rings. The molecular formula is C18H18F21PS. The van der Waals surface area contributed by atoms with Gasteiger partial charge in [-0.05, 0) is 10.3 Å². The Labute approximate surface area is 222 Å². The summed E-state index contributed by atoms with van der Waals surface area (Å²) in [5.74, 6) is -70.5. The maximum Gasteiger partial charge on any atom is 0.460 e. The molecule has 0 spiro atoms. The third-order valence-electron chi connectivity index (χ3n) is 5.78. The molecule has 248 valence electrons. The van der Waals surface area contributed by atoms with E-state index in [2.05, 4.69) is 11.8 Å². The summed E-state index contributed by atoms with van der Waals surface area (Å²) in [6.07, 6.45) is -8.01. The fourth-order valence-corrected chi connectivity index (χ4v) is 8.17. The van der Waals surface area contributed by atoms with E-state index < -0.39 is 75.6 Å². The largest absolute Gasteiger partial charge is 0.460 e. The van der Waals surface area contributed by atoms with Crippen molar-refractivity contribution < 1.29 is 92.2 Å². The lowest BCUT2D eigenvalue weighted by molar-refractivity contribution is -0.472. The Morgan fingerprint density at radius 3 is 0.659 bits per heavy atom. The maximum absolute atomic E-state index is 15.1. The number of halogens is 21.